The molecule has 0 spiro atoms. The first-order valence-corrected chi connectivity index (χ1v) is 16.8. The normalized spacial score (nSPS) is 11.3. The Hall–Kier alpha value is -5.37. The summed E-state index contributed by atoms with van der Waals surface area (Å²) >= 11 is 7.01. The largest absolute Gasteiger partial charge is 0.309 e. The highest BCUT2D eigenvalue weighted by Gasteiger charge is 2.26. The van der Waals surface area contributed by atoms with Gasteiger partial charge in [-0.1, -0.05) is 178 Å². The zero-order valence-electron chi connectivity index (χ0n) is 27.6. The van der Waals surface area contributed by atoms with Crippen molar-refractivity contribution >= 4 is 28.7 Å². The van der Waals surface area contributed by atoms with Crippen LogP contribution in [0.15, 0.2) is 176 Å². The molecule has 0 aromatic heterocycles. The van der Waals surface area contributed by atoms with Gasteiger partial charge in [0.05, 0.1) is 5.69 Å². The Morgan fingerprint density at radius 3 is 1.38 bits per heavy atom. The maximum Gasteiger partial charge on any atom is 0.0618 e. The molecule has 0 saturated heterocycles. The number of hydrogen-bond acceptors (Lipinski definition) is 1. The second kappa shape index (κ2) is 13.4. The van der Waals surface area contributed by atoms with Gasteiger partial charge in [-0.25, -0.2) is 0 Å². The SMILES string of the molecule is CC(C)(C)c1cc(N(c2cc(Cl)cc(-c3ccccc3)c2)c2c(-c3ccccc3)cccc2-c2ccccc2)ccc1-c1ccccc1. The van der Waals surface area contributed by atoms with Crippen LogP contribution in [-0.4, -0.2) is 0 Å². The smallest absolute Gasteiger partial charge is 0.0618 e. The number of hydrogen-bond donors (Lipinski definition) is 0. The van der Waals surface area contributed by atoms with Gasteiger partial charge in [-0.2, -0.15) is 0 Å². The molecule has 7 aromatic rings. The molecule has 0 unspecified atom stereocenters. The van der Waals surface area contributed by atoms with E-state index in [-0.39, 0.29) is 5.41 Å². The van der Waals surface area contributed by atoms with Gasteiger partial charge in [0.25, 0.3) is 0 Å². The quantitative estimate of drug-likeness (QED) is 0.168. The highest BCUT2D eigenvalue weighted by Crippen LogP contribution is 2.49. The van der Waals surface area contributed by atoms with Crippen molar-refractivity contribution < 1.29 is 0 Å². The van der Waals surface area contributed by atoms with Crippen LogP contribution in [-0.2, 0) is 5.41 Å². The predicted octanol–water partition coefficient (Wildman–Crippen LogP) is 13.8. The van der Waals surface area contributed by atoms with Gasteiger partial charge < -0.3 is 4.90 Å². The molecule has 0 aliphatic heterocycles. The summed E-state index contributed by atoms with van der Waals surface area (Å²) in [5.74, 6) is 0. The van der Waals surface area contributed by atoms with Gasteiger partial charge >= 0.3 is 0 Å². The zero-order valence-corrected chi connectivity index (χ0v) is 28.3. The Labute approximate surface area is 289 Å². The van der Waals surface area contributed by atoms with Crippen LogP contribution in [0.25, 0.3) is 44.5 Å². The lowest BCUT2D eigenvalue weighted by molar-refractivity contribution is 0.592. The van der Waals surface area contributed by atoms with Crippen LogP contribution in [0.2, 0.25) is 5.02 Å². The first-order valence-electron chi connectivity index (χ1n) is 16.5. The van der Waals surface area contributed by atoms with E-state index in [2.05, 4.69) is 196 Å². The summed E-state index contributed by atoms with van der Waals surface area (Å²) in [5.41, 5.74) is 13.6. The van der Waals surface area contributed by atoms with Gasteiger partial charge in [-0.15, -0.1) is 0 Å². The number of halogens is 1. The van der Waals surface area contributed by atoms with Crippen molar-refractivity contribution in [2.45, 2.75) is 26.2 Å². The van der Waals surface area contributed by atoms with Gasteiger partial charge in [0.1, 0.15) is 0 Å². The van der Waals surface area contributed by atoms with Crippen molar-refractivity contribution in [3.05, 3.63) is 187 Å². The molecule has 0 aliphatic carbocycles. The molecule has 0 bridgehead atoms. The summed E-state index contributed by atoms with van der Waals surface area (Å²) in [7, 11) is 0. The lowest BCUT2D eigenvalue weighted by Gasteiger charge is -2.33. The summed E-state index contributed by atoms with van der Waals surface area (Å²) in [6, 6.07) is 62.5. The van der Waals surface area contributed by atoms with Crippen LogP contribution in [0.5, 0.6) is 0 Å². The molecule has 7 rings (SSSR count). The Kier molecular flexibility index (Phi) is 8.72. The fourth-order valence-corrected chi connectivity index (χ4v) is 6.78. The standard InChI is InChI=1S/C46H38ClN/c1-46(2,3)44-32-39(27-28-41(44)34-19-10-5-11-20-34)48(40-30-37(29-38(47)31-40)33-17-8-4-9-18-33)45-42(35-21-12-6-13-22-35)25-16-26-43(45)36-23-14-7-15-24-36/h4-32H,1-3H3. The molecular formula is C46H38ClN. The minimum absolute atomic E-state index is 0.113. The monoisotopic (exact) mass is 639 g/mol. The lowest BCUT2D eigenvalue weighted by Crippen LogP contribution is -2.17. The molecule has 2 heteroatoms. The van der Waals surface area contributed by atoms with Gasteiger partial charge in [-0.3, -0.25) is 0 Å². The predicted molar refractivity (Wildman–Crippen MR) is 207 cm³/mol. The fourth-order valence-electron chi connectivity index (χ4n) is 6.55. The molecule has 234 valence electrons. The summed E-state index contributed by atoms with van der Waals surface area (Å²) < 4.78 is 0. The van der Waals surface area contributed by atoms with E-state index in [0.29, 0.717) is 5.02 Å². The lowest BCUT2D eigenvalue weighted by atomic mass is 9.81. The maximum atomic E-state index is 7.01. The van der Waals surface area contributed by atoms with Crippen molar-refractivity contribution in [1.82, 2.24) is 0 Å². The van der Waals surface area contributed by atoms with Crippen LogP contribution in [0, 0.1) is 0 Å². The zero-order chi connectivity index (χ0) is 33.1. The Morgan fingerprint density at radius 2 is 0.875 bits per heavy atom. The number of nitrogens with zero attached hydrogens (tertiary/aromatic N) is 1. The van der Waals surface area contributed by atoms with Crippen molar-refractivity contribution in [3.63, 3.8) is 0 Å². The van der Waals surface area contributed by atoms with Crippen molar-refractivity contribution in [2.24, 2.45) is 0 Å². The number of rotatable bonds is 7. The first kappa shape index (κ1) is 31.2. The minimum Gasteiger partial charge on any atom is -0.309 e. The van der Waals surface area contributed by atoms with E-state index in [4.69, 9.17) is 11.6 Å². The second-order valence-electron chi connectivity index (χ2n) is 13.2. The number of benzene rings is 7. The summed E-state index contributed by atoms with van der Waals surface area (Å²) in [6.07, 6.45) is 0. The molecular weight excluding hydrogens is 602 g/mol. The van der Waals surface area contributed by atoms with Crippen LogP contribution in [0.1, 0.15) is 26.3 Å². The molecule has 0 atom stereocenters. The molecule has 0 amide bonds. The van der Waals surface area contributed by atoms with Gasteiger partial charge in [-0.05, 0) is 74.7 Å². The summed E-state index contributed by atoms with van der Waals surface area (Å²) in [5, 5.41) is 0.687. The topological polar surface area (TPSA) is 3.24 Å². The summed E-state index contributed by atoms with van der Waals surface area (Å²) in [4.78, 5) is 2.41. The molecule has 0 N–H and O–H groups in total. The molecule has 48 heavy (non-hydrogen) atoms. The van der Waals surface area contributed by atoms with E-state index in [9.17, 15) is 0 Å². The highest BCUT2D eigenvalue weighted by molar-refractivity contribution is 6.31. The third-order valence-corrected chi connectivity index (χ3v) is 9.05. The third-order valence-electron chi connectivity index (χ3n) is 8.83. The molecule has 0 heterocycles. The molecule has 7 aromatic carbocycles. The van der Waals surface area contributed by atoms with E-state index < -0.39 is 0 Å². The molecule has 0 radical (unpaired) electrons. The van der Waals surface area contributed by atoms with Gasteiger partial charge in [0.2, 0.25) is 0 Å². The van der Waals surface area contributed by atoms with E-state index in [1.165, 1.54) is 16.7 Å². The Bertz CT molecular complexity index is 2090. The van der Waals surface area contributed by atoms with Crippen LogP contribution < -0.4 is 4.90 Å². The van der Waals surface area contributed by atoms with Gasteiger partial charge in [0, 0.05) is 27.5 Å². The number of anilines is 3. The van der Waals surface area contributed by atoms with Crippen molar-refractivity contribution in [3.8, 4) is 44.5 Å². The van der Waals surface area contributed by atoms with E-state index in [0.717, 1.165) is 50.4 Å². The summed E-state index contributed by atoms with van der Waals surface area (Å²) in [6.45, 7) is 6.88. The van der Waals surface area contributed by atoms with Crippen LogP contribution in [0.3, 0.4) is 0 Å². The van der Waals surface area contributed by atoms with E-state index >= 15 is 0 Å². The molecule has 1 nitrogen and oxygen atoms in total. The van der Waals surface area contributed by atoms with E-state index in [1.807, 2.05) is 6.07 Å². The highest BCUT2D eigenvalue weighted by atomic mass is 35.5. The third kappa shape index (κ3) is 6.43. The maximum absolute atomic E-state index is 7.01. The Morgan fingerprint density at radius 1 is 0.396 bits per heavy atom. The molecule has 0 fully saturated rings. The van der Waals surface area contributed by atoms with Gasteiger partial charge in [0.15, 0.2) is 0 Å². The first-order chi connectivity index (χ1) is 23.4. The molecule has 0 saturated carbocycles. The average Bonchev–Trinajstić information content (AvgIpc) is 3.13. The molecule has 0 aliphatic rings. The van der Waals surface area contributed by atoms with Crippen LogP contribution >= 0.6 is 11.6 Å². The minimum atomic E-state index is -0.113. The van der Waals surface area contributed by atoms with Crippen LogP contribution in [0.4, 0.5) is 17.1 Å². The second-order valence-corrected chi connectivity index (χ2v) is 13.6. The average molecular weight is 640 g/mol. The Balaban J connectivity index is 1.57. The number of para-hydroxylation sites is 1. The van der Waals surface area contributed by atoms with Crippen molar-refractivity contribution in [1.29, 1.82) is 0 Å². The van der Waals surface area contributed by atoms with Crippen molar-refractivity contribution in [2.75, 3.05) is 4.90 Å². The fraction of sp³-hybridized carbons (Fsp3) is 0.0870. The van der Waals surface area contributed by atoms with E-state index in [1.54, 1.807) is 0 Å².